The number of allylic oxidation sites excluding steroid dienone is 4. The standard InChI is InChI=1S/C29H40FN/c1-2-3-5-23-14-18-27(19-15-23)28-20-16-26(17-21-28)13-12-25-10-8-24(9-11-25)6-4-7-29(30)22-31/h7,12-15,18-19,24-26,28H,2-6,8-11,16-17,20-21H2,1H3. The van der Waals surface area contributed by atoms with Crippen molar-refractivity contribution in [2.45, 2.75) is 96.3 Å². The summed E-state index contributed by atoms with van der Waals surface area (Å²) in [6, 6.07) is 11.0. The fourth-order valence-corrected chi connectivity index (χ4v) is 5.46. The average Bonchev–Trinajstić information content (AvgIpc) is 2.83. The van der Waals surface area contributed by atoms with Gasteiger partial charge in [-0.25, -0.2) is 0 Å². The molecule has 0 N–H and O–H groups in total. The predicted molar refractivity (Wildman–Crippen MR) is 128 cm³/mol. The van der Waals surface area contributed by atoms with Gasteiger partial charge in [-0.2, -0.15) is 9.65 Å². The van der Waals surface area contributed by atoms with E-state index in [1.54, 1.807) is 11.6 Å². The molecule has 2 fully saturated rings. The molecular weight excluding hydrogens is 381 g/mol. The monoisotopic (exact) mass is 421 g/mol. The number of benzene rings is 1. The Balaban J connectivity index is 1.35. The molecule has 0 saturated heterocycles. The van der Waals surface area contributed by atoms with E-state index in [1.807, 2.05) is 0 Å². The Hall–Kier alpha value is -1.88. The summed E-state index contributed by atoms with van der Waals surface area (Å²) < 4.78 is 12.9. The van der Waals surface area contributed by atoms with E-state index < -0.39 is 5.83 Å². The molecule has 0 atom stereocenters. The average molecular weight is 422 g/mol. The summed E-state index contributed by atoms with van der Waals surface area (Å²) >= 11 is 0. The van der Waals surface area contributed by atoms with Crippen LogP contribution >= 0.6 is 0 Å². The number of hydrogen-bond donors (Lipinski definition) is 0. The van der Waals surface area contributed by atoms with Crippen LogP contribution in [0.2, 0.25) is 0 Å². The number of unbranched alkanes of at least 4 members (excludes halogenated alkanes) is 1. The minimum absolute atomic E-state index is 0.629. The molecule has 0 radical (unpaired) electrons. The first-order chi connectivity index (χ1) is 15.2. The van der Waals surface area contributed by atoms with Gasteiger partial charge in [0.05, 0.1) is 0 Å². The third kappa shape index (κ3) is 7.95. The van der Waals surface area contributed by atoms with E-state index in [9.17, 15) is 4.39 Å². The topological polar surface area (TPSA) is 23.8 Å². The fraction of sp³-hybridized carbons (Fsp3) is 0.621. The Labute approximate surface area is 189 Å². The molecule has 31 heavy (non-hydrogen) atoms. The third-order valence-electron chi connectivity index (χ3n) is 7.59. The third-order valence-corrected chi connectivity index (χ3v) is 7.59. The van der Waals surface area contributed by atoms with Gasteiger partial charge in [-0.1, -0.05) is 49.8 Å². The van der Waals surface area contributed by atoms with Crippen molar-refractivity contribution in [1.29, 1.82) is 5.26 Å². The van der Waals surface area contributed by atoms with Crippen molar-refractivity contribution < 1.29 is 4.39 Å². The van der Waals surface area contributed by atoms with Gasteiger partial charge in [0.1, 0.15) is 6.07 Å². The number of nitriles is 1. The van der Waals surface area contributed by atoms with Gasteiger partial charge < -0.3 is 0 Å². The van der Waals surface area contributed by atoms with Crippen LogP contribution in [0, 0.1) is 29.1 Å². The summed E-state index contributed by atoms with van der Waals surface area (Å²) in [5.74, 6) is 2.32. The molecule has 0 heterocycles. The maximum Gasteiger partial charge on any atom is 0.196 e. The second-order valence-electron chi connectivity index (χ2n) is 9.86. The van der Waals surface area contributed by atoms with Gasteiger partial charge in [0.2, 0.25) is 0 Å². The highest BCUT2D eigenvalue weighted by Gasteiger charge is 2.22. The van der Waals surface area contributed by atoms with Crippen molar-refractivity contribution in [2.24, 2.45) is 17.8 Å². The maximum atomic E-state index is 12.9. The lowest BCUT2D eigenvalue weighted by Crippen LogP contribution is -2.14. The smallest absolute Gasteiger partial charge is 0.195 e. The fourth-order valence-electron chi connectivity index (χ4n) is 5.46. The molecule has 2 aliphatic rings. The van der Waals surface area contributed by atoms with Gasteiger partial charge in [0.25, 0.3) is 0 Å². The number of rotatable bonds is 9. The highest BCUT2D eigenvalue weighted by atomic mass is 19.1. The summed E-state index contributed by atoms with van der Waals surface area (Å²) in [5.41, 5.74) is 3.04. The van der Waals surface area contributed by atoms with E-state index >= 15 is 0 Å². The van der Waals surface area contributed by atoms with E-state index in [2.05, 4.69) is 43.3 Å². The summed E-state index contributed by atoms with van der Waals surface area (Å²) in [5, 5.41) is 8.48. The van der Waals surface area contributed by atoms with E-state index in [-0.39, 0.29) is 0 Å². The summed E-state index contributed by atoms with van der Waals surface area (Å²) in [6.45, 7) is 2.26. The molecule has 0 amide bonds. The van der Waals surface area contributed by atoms with Crippen molar-refractivity contribution in [3.05, 3.63) is 59.4 Å². The highest BCUT2D eigenvalue weighted by molar-refractivity contribution is 5.26. The lowest BCUT2D eigenvalue weighted by Gasteiger charge is -2.29. The molecule has 0 spiro atoms. The number of nitrogens with zero attached hydrogens (tertiary/aromatic N) is 1. The second-order valence-corrected chi connectivity index (χ2v) is 9.86. The Morgan fingerprint density at radius 1 is 0.968 bits per heavy atom. The molecule has 0 aliphatic heterocycles. The van der Waals surface area contributed by atoms with Crippen molar-refractivity contribution in [1.82, 2.24) is 0 Å². The molecular formula is C29H40FN. The van der Waals surface area contributed by atoms with Crippen LogP contribution in [0.25, 0.3) is 0 Å². The van der Waals surface area contributed by atoms with Crippen molar-refractivity contribution in [2.75, 3.05) is 0 Å². The van der Waals surface area contributed by atoms with Crippen molar-refractivity contribution >= 4 is 0 Å². The van der Waals surface area contributed by atoms with E-state index in [0.29, 0.717) is 12.3 Å². The van der Waals surface area contributed by atoms with Crippen LogP contribution in [0.1, 0.15) is 101 Å². The zero-order valence-corrected chi connectivity index (χ0v) is 19.4. The SMILES string of the molecule is CCCCc1ccc(C2CCC(C=CC3CCC(CCC=C(F)C#N)CC3)CC2)cc1. The van der Waals surface area contributed by atoms with Gasteiger partial charge in [0.15, 0.2) is 5.83 Å². The molecule has 0 bridgehead atoms. The quantitative estimate of drug-likeness (QED) is 0.288. The Bertz CT molecular complexity index is 738. The molecule has 3 rings (SSSR count). The molecule has 0 aromatic heterocycles. The minimum Gasteiger partial charge on any atom is -0.195 e. The normalized spacial score (nSPS) is 27.3. The first-order valence-corrected chi connectivity index (χ1v) is 12.7. The van der Waals surface area contributed by atoms with E-state index in [0.717, 1.165) is 24.2 Å². The molecule has 2 saturated carbocycles. The van der Waals surface area contributed by atoms with Crippen molar-refractivity contribution in [3.63, 3.8) is 0 Å². The maximum absolute atomic E-state index is 12.9. The number of aryl methyl sites for hydroxylation is 1. The van der Waals surface area contributed by atoms with E-state index in [4.69, 9.17) is 5.26 Å². The number of halogens is 1. The molecule has 1 aromatic carbocycles. The van der Waals surface area contributed by atoms with E-state index in [1.165, 1.54) is 82.3 Å². The predicted octanol–water partition coefficient (Wildman–Crippen LogP) is 8.82. The highest BCUT2D eigenvalue weighted by Crippen LogP contribution is 2.38. The zero-order chi connectivity index (χ0) is 21.9. The van der Waals surface area contributed by atoms with Crippen LogP contribution in [-0.4, -0.2) is 0 Å². The molecule has 1 nitrogen and oxygen atoms in total. The lowest BCUT2D eigenvalue weighted by atomic mass is 9.76. The number of hydrogen-bond acceptors (Lipinski definition) is 1. The van der Waals surface area contributed by atoms with Gasteiger partial charge in [-0.3, -0.25) is 0 Å². The molecule has 168 valence electrons. The van der Waals surface area contributed by atoms with Crippen molar-refractivity contribution in [3.8, 4) is 6.07 Å². The van der Waals surface area contributed by atoms with Crippen LogP contribution < -0.4 is 0 Å². The summed E-state index contributed by atoms with van der Waals surface area (Å²) in [7, 11) is 0. The molecule has 1 aromatic rings. The largest absolute Gasteiger partial charge is 0.196 e. The van der Waals surface area contributed by atoms with Crippen LogP contribution in [0.15, 0.2) is 48.3 Å². The molecule has 2 aliphatic carbocycles. The van der Waals surface area contributed by atoms with Gasteiger partial charge in [0, 0.05) is 0 Å². The van der Waals surface area contributed by atoms with Gasteiger partial charge in [-0.05, 0) is 118 Å². The minimum atomic E-state index is -0.629. The van der Waals surface area contributed by atoms with Crippen LogP contribution in [0.4, 0.5) is 4.39 Å². The molecule has 2 heteroatoms. The Morgan fingerprint density at radius 2 is 1.58 bits per heavy atom. The van der Waals surface area contributed by atoms with Gasteiger partial charge >= 0.3 is 0 Å². The molecule has 0 unspecified atom stereocenters. The van der Waals surface area contributed by atoms with Gasteiger partial charge in [-0.15, -0.1) is 0 Å². The zero-order valence-electron chi connectivity index (χ0n) is 19.4. The van der Waals surface area contributed by atoms with Crippen LogP contribution in [-0.2, 0) is 6.42 Å². The van der Waals surface area contributed by atoms with Crippen LogP contribution in [0.3, 0.4) is 0 Å². The van der Waals surface area contributed by atoms with Crippen LogP contribution in [0.5, 0.6) is 0 Å². The Kier molecular flexibility index (Phi) is 9.85. The lowest BCUT2D eigenvalue weighted by molar-refractivity contribution is 0.295. The summed E-state index contributed by atoms with van der Waals surface area (Å²) in [4.78, 5) is 0. The summed E-state index contributed by atoms with van der Waals surface area (Å²) in [6.07, 6.45) is 22.3. The first-order valence-electron chi connectivity index (χ1n) is 12.7. The first kappa shape index (κ1) is 23.8. The Morgan fingerprint density at radius 3 is 2.16 bits per heavy atom. The second kappa shape index (κ2) is 12.8.